The van der Waals surface area contributed by atoms with Crippen LogP contribution in [0.25, 0.3) is 0 Å². The van der Waals surface area contributed by atoms with Crippen molar-refractivity contribution in [1.29, 1.82) is 0 Å². The standard InChI is InChI=1S/C8H13NO3/c9-7(10)4-3-6(8(11)12)5-1-2-5/h5-6H,1-4H2,(H2,9,10)(H,11,12). The summed E-state index contributed by atoms with van der Waals surface area (Å²) in [7, 11) is 0. The lowest BCUT2D eigenvalue weighted by atomic mass is 9.98. The summed E-state index contributed by atoms with van der Waals surface area (Å²) in [4.78, 5) is 21.0. The molecule has 1 rings (SSSR count). The molecule has 1 unspecified atom stereocenters. The largest absolute Gasteiger partial charge is 0.481 e. The van der Waals surface area contributed by atoms with Crippen molar-refractivity contribution in [3.63, 3.8) is 0 Å². The van der Waals surface area contributed by atoms with Crippen LogP contribution in [0.1, 0.15) is 25.7 Å². The molecule has 0 aromatic carbocycles. The van der Waals surface area contributed by atoms with Crippen molar-refractivity contribution in [3.8, 4) is 0 Å². The molecule has 0 aromatic rings. The van der Waals surface area contributed by atoms with E-state index in [1.807, 2.05) is 0 Å². The lowest BCUT2D eigenvalue weighted by molar-refractivity contribution is -0.142. The van der Waals surface area contributed by atoms with Gasteiger partial charge >= 0.3 is 5.97 Å². The normalized spacial score (nSPS) is 18.7. The Morgan fingerprint density at radius 3 is 2.42 bits per heavy atom. The van der Waals surface area contributed by atoms with Gasteiger partial charge in [0.05, 0.1) is 5.92 Å². The molecule has 0 heterocycles. The van der Waals surface area contributed by atoms with Crippen LogP contribution in [-0.2, 0) is 9.59 Å². The van der Waals surface area contributed by atoms with Crippen LogP contribution in [0.5, 0.6) is 0 Å². The number of hydrogen-bond acceptors (Lipinski definition) is 2. The molecule has 0 saturated heterocycles. The van der Waals surface area contributed by atoms with Crippen LogP contribution < -0.4 is 5.73 Å². The zero-order chi connectivity index (χ0) is 9.14. The van der Waals surface area contributed by atoms with Crippen LogP contribution in [0.3, 0.4) is 0 Å². The Hall–Kier alpha value is -1.06. The monoisotopic (exact) mass is 171 g/mol. The van der Waals surface area contributed by atoms with Crippen molar-refractivity contribution in [2.45, 2.75) is 25.7 Å². The van der Waals surface area contributed by atoms with Crippen molar-refractivity contribution in [1.82, 2.24) is 0 Å². The van der Waals surface area contributed by atoms with Gasteiger partial charge in [-0.15, -0.1) is 0 Å². The number of carboxylic acid groups (broad SMARTS) is 1. The molecule has 0 radical (unpaired) electrons. The maximum atomic E-state index is 10.6. The Bertz CT molecular complexity index is 198. The fourth-order valence-electron chi connectivity index (χ4n) is 1.36. The van der Waals surface area contributed by atoms with Crippen molar-refractivity contribution in [3.05, 3.63) is 0 Å². The first-order chi connectivity index (χ1) is 5.61. The highest BCUT2D eigenvalue weighted by atomic mass is 16.4. The van der Waals surface area contributed by atoms with Gasteiger partial charge in [0.15, 0.2) is 0 Å². The zero-order valence-electron chi connectivity index (χ0n) is 6.82. The molecule has 4 nitrogen and oxygen atoms in total. The van der Waals surface area contributed by atoms with Crippen LogP contribution in [0.4, 0.5) is 0 Å². The summed E-state index contributed by atoms with van der Waals surface area (Å²) in [5.74, 6) is -1.26. The highest BCUT2D eigenvalue weighted by Crippen LogP contribution is 2.39. The van der Waals surface area contributed by atoms with Gasteiger partial charge in [-0.05, 0) is 25.2 Å². The van der Waals surface area contributed by atoms with Gasteiger partial charge in [-0.1, -0.05) is 0 Å². The van der Waals surface area contributed by atoms with Gasteiger partial charge in [0.25, 0.3) is 0 Å². The van der Waals surface area contributed by atoms with E-state index < -0.39 is 11.9 Å². The zero-order valence-corrected chi connectivity index (χ0v) is 6.82. The number of carbonyl (C=O) groups is 2. The Kier molecular flexibility index (Phi) is 2.68. The highest BCUT2D eigenvalue weighted by Gasteiger charge is 2.35. The third-order valence-corrected chi connectivity index (χ3v) is 2.21. The fraction of sp³-hybridized carbons (Fsp3) is 0.750. The molecule has 0 aliphatic heterocycles. The Labute approximate surface area is 70.7 Å². The van der Waals surface area contributed by atoms with Gasteiger partial charge in [0.2, 0.25) is 5.91 Å². The number of amides is 1. The lowest BCUT2D eigenvalue weighted by Crippen LogP contribution is -2.19. The van der Waals surface area contributed by atoms with Gasteiger partial charge in [-0.2, -0.15) is 0 Å². The molecule has 68 valence electrons. The molecule has 1 atom stereocenters. The number of rotatable bonds is 5. The maximum absolute atomic E-state index is 10.6. The number of aliphatic carboxylic acids is 1. The Balaban J connectivity index is 2.33. The van der Waals surface area contributed by atoms with Crippen molar-refractivity contribution < 1.29 is 14.7 Å². The average molecular weight is 171 g/mol. The number of carboxylic acids is 1. The maximum Gasteiger partial charge on any atom is 0.306 e. The van der Waals surface area contributed by atoms with E-state index in [9.17, 15) is 9.59 Å². The fourth-order valence-corrected chi connectivity index (χ4v) is 1.36. The van der Waals surface area contributed by atoms with E-state index in [1.165, 1.54) is 0 Å². The molecule has 1 amide bonds. The van der Waals surface area contributed by atoms with Crippen molar-refractivity contribution >= 4 is 11.9 Å². The second-order valence-electron chi connectivity index (χ2n) is 3.29. The summed E-state index contributed by atoms with van der Waals surface area (Å²) in [6.45, 7) is 0. The summed E-state index contributed by atoms with van der Waals surface area (Å²) in [5.41, 5.74) is 4.93. The molecule has 3 N–H and O–H groups in total. The summed E-state index contributed by atoms with van der Waals surface area (Å²) in [6.07, 6.45) is 2.55. The minimum Gasteiger partial charge on any atom is -0.481 e. The molecular formula is C8H13NO3. The first kappa shape index (κ1) is 9.03. The van der Waals surface area contributed by atoms with Gasteiger partial charge in [0.1, 0.15) is 0 Å². The van der Waals surface area contributed by atoms with E-state index in [0.29, 0.717) is 12.3 Å². The Morgan fingerprint density at radius 1 is 1.50 bits per heavy atom. The van der Waals surface area contributed by atoms with Gasteiger partial charge < -0.3 is 10.8 Å². The quantitative estimate of drug-likeness (QED) is 0.626. The summed E-state index contributed by atoms with van der Waals surface area (Å²) in [5, 5.41) is 8.74. The lowest BCUT2D eigenvalue weighted by Gasteiger charge is -2.08. The molecule has 0 aromatic heterocycles. The van der Waals surface area contributed by atoms with E-state index in [2.05, 4.69) is 0 Å². The second kappa shape index (κ2) is 3.56. The van der Waals surface area contributed by atoms with E-state index in [4.69, 9.17) is 10.8 Å². The van der Waals surface area contributed by atoms with Crippen molar-refractivity contribution in [2.24, 2.45) is 17.6 Å². The van der Waals surface area contributed by atoms with Crippen LogP contribution in [-0.4, -0.2) is 17.0 Å². The van der Waals surface area contributed by atoms with E-state index >= 15 is 0 Å². The molecule has 1 aliphatic carbocycles. The highest BCUT2D eigenvalue weighted by molar-refractivity contribution is 5.75. The summed E-state index contributed by atoms with van der Waals surface area (Å²) in [6, 6.07) is 0. The predicted octanol–water partition coefficient (Wildman–Crippen LogP) is 0.363. The summed E-state index contributed by atoms with van der Waals surface area (Å²) < 4.78 is 0. The topological polar surface area (TPSA) is 80.4 Å². The van der Waals surface area contributed by atoms with E-state index in [-0.39, 0.29) is 12.3 Å². The van der Waals surface area contributed by atoms with Gasteiger partial charge in [-0.3, -0.25) is 9.59 Å². The van der Waals surface area contributed by atoms with E-state index in [1.54, 1.807) is 0 Å². The minimum absolute atomic E-state index is 0.188. The van der Waals surface area contributed by atoms with Crippen molar-refractivity contribution in [2.75, 3.05) is 0 Å². The molecule has 12 heavy (non-hydrogen) atoms. The summed E-state index contributed by atoms with van der Waals surface area (Å²) >= 11 is 0. The van der Waals surface area contributed by atoms with Crippen LogP contribution in [0, 0.1) is 11.8 Å². The second-order valence-corrected chi connectivity index (χ2v) is 3.29. The molecule has 0 spiro atoms. The molecule has 4 heteroatoms. The van der Waals surface area contributed by atoms with E-state index in [0.717, 1.165) is 12.8 Å². The van der Waals surface area contributed by atoms with Gasteiger partial charge in [0, 0.05) is 6.42 Å². The first-order valence-electron chi connectivity index (χ1n) is 4.12. The third kappa shape index (κ3) is 2.53. The number of hydrogen-bond donors (Lipinski definition) is 2. The molecule has 1 aliphatic rings. The van der Waals surface area contributed by atoms with Crippen LogP contribution >= 0.6 is 0 Å². The predicted molar refractivity (Wildman–Crippen MR) is 42.3 cm³/mol. The SMILES string of the molecule is NC(=O)CCC(C(=O)O)C1CC1. The third-order valence-electron chi connectivity index (χ3n) is 2.21. The smallest absolute Gasteiger partial charge is 0.306 e. The van der Waals surface area contributed by atoms with Gasteiger partial charge in [-0.25, -0.2) is 0 Å². The van der Waals surface area contributed by atoms with Crippen LogP contribution in [0.15, 0.2) is 0 Å². The number of primary amides is 1. The first-order valence-corrected chi connectivity index (χ1v) is 4.12. The molecular weight excluding hydrogens is 158 g/mol. The average Bonchev–Trinajstić information content (AvgIpc) is 2.69. The number of carbonyl (C=O) groups excluding carboxylic acids is 1. The minimum atomic E-state index is -0.793. The Morgan fingerprint density at radius 2 is 2.08 bits per heavy atom. The molecule has 1 fully saturated rings. The molecule has 0 bridgehead atoms. The van der Waals surface area contributed by atoms with Crippen LogP contribution in [0.2, 0.25) is 0 Å². The molecule has 1 saturated carbocycles. The number of nitrogens with two attached hydrogens (primary N) is 1.